The third kappa shape index (κ3) is 4.38. The number of anilines is 1. The third-order valence-corrected chi connectivity index (χ3v) is 5.40. The first-order chi connectivity index (χ1) is 14.6. The lowest BCUT2D eigenvalue weighted by molar-refractivity contribution is -0.115. The fourth-order valence-electron chi connectivity index (χ4n) is 2.88. The minimum atomic E-state index is -0.610. The molecule has 0 spiro atoms. The molecule has 2 heterocycles. The molecule has 4 aromatic rings. The van der Waals surface area contributed by atoms with Crippen molar-refractivity contribution in [1.29, 1.82) is 0 Å². The molecule has 4 rings (SSSR count). The SMILES string of the molecule is COc1ccc(C)cc1NC(=O)C(Sc1nnc(-c2ccco2)o1)c1ccccc1. The maximum atomic E-state index is 13.2. The summed E-state index contributed by atoms with van der Waals surface area (Å²) in [6.07, 6.45) is 1.53. The van der Waals surface area contributed by atoms with E-state index in [0.717, 1.165) is 11.1 Å². The van der Waals surface area contributed by atoms with Gasteiger partial charge in [-0.25, -0.2) is 0 Å². The number of nitrogens with one attached hydrogen (secondary N) is 1. The van der Waals surface area contributed by atoms with E-state index in [1.165, 1.54) is 18.0 Å². The zero-order valence-electron chi connectivity index (χ0n) is 16.4. The summed E-state index contributed by atoms with van der Waals surface area (Å²) >= 11 is 1.17. The molecule has 0 aliphatic rings. The smallest absolute Gasteiger partial charge is 0.284 e. The zero-order chi connectivity index (χ0) is 20.9. The van der Waals surface area contributed by atoms with Crippen LogP contribution < -0.4 is 10.1 Å². The van der Waals surface area contributed by atoms with Gasteiger partial charge >= 0.3 is 0 Å². The molecule has 0 saturated carbocycles. The normalized spacial score (nSPS) is 11.8. The van der Waals surface area contributed by atoms with E-state index in [-0.39, 0.29) is 17.0 Å². The van der Waals surface area contributed by atoms with Crippen LogP contribution in [0.3, 0.4) is 0 Å². The largest absolute Gasteiger partial charge is 0.495 e. The fraction of sp³-hybridized carbons (Fsp3) is 0.136. The van der Waals surface area contributed by atoms with E-state index in [4.69, 9.17) is 13.6 Å². The Morgan fingerprint density at radius 1 is 1.10 bits per heavy atom. The summed E-state index contributed by atoms with van der Waals surface area (Å²) in [6.45, 7) is 1.95. The highest BCUT2D eigenvalue weighted by atomic mass is 32.2. The van der Waals surface area contributed by atoms with Crippen molar-refractivity contribution in [3.63, 3.8) is 0 Å². The molecule has 1 amide bonds. The Labute approximate surface area is 177 Å². The van der Waals surface area contributed by atoms with Crippen molar-refractivity contribution >= 4 is 23.4 Å². The summed E-state index contributed by atoms with van der Waals surface area (Å²) in [5.41, 5.74) is 2.42. The van der Waals surface area contributed by atoms with E-state index in [0.29, 0.717) is 17.2 Å². The van der Waals surface area contributed by atoms with Gasteiger partial charge in [0.15, 0.2) is 5.76 Å². The maximum absolute atomic E-state index is 13.2. The van der Waals surface area contributed by atoms with Gasteiger partial charge in [-0.1, -0.05) is 36.4 Å². The van der Waals surface area contributed by atoms with E-state index in [2.05, 4.69) is 15.5 Å². The second-order valence-electron chi connectivity index (χ2n) is 6.45. The first-order valence-electron chi connectivity index (χ1n) is 9.18. The standard InChI is InChI=1S/C22H19N3O4S/c1-14-10-11-17(27-2)16(13-14)23-20(26)19(15-7-4-3-5-8-15)30-22-25-24-21(29-22)18-9-6-12-28-18/h3-13,19H,1-2H3,(H,23,26). The van der Waals surface area contributed by atoms with Crippen LogP contribution >= 0.6 is 11.8 Å². The van der Waals surface area contributed by atoms with Crippen LogP contribution in [0.4, 0.5) is 5.69 Å². The highest BCUT2D eigenvalue weighted by Gasteiger charge is 2.26. The molecule has 0 aliphatic heterocycles. The minimum Gasteiger partial charge on any atom is -0.495 e. The molecular weight excluding hydrogens is 402 g/mol. The summed E-state index contributed by atoms with van der Waals surface area (Å²) in [5.74, 6) is 1.09. The Kier molecular flexibility index (Phi) is 5.85. The van der Waals surface area contributed by atoms with Crippen LogP contribution in [0.5, 0.6) is 5.75 Å². The van der Waals surface area contributed by atoms with Crippen molar-refractivity contribution in [2.75, 3.05) is 12.4 Å². The first kappa shape index (κ1) is 19.8. The fourth-order valence-corrected chi connectivity index (χ4v) is 3.75. The van der Waals surface area contributed by atoms with E-state index in [1.54, 1.807) is 19.2 Å². The Morgan fingerprint density at radius 3 is 2.67 bits per heavy atom. The monoisotopic (exact) mass is 421 g/mol. The second kappa shape index (κ2) is 8.87. The number of ether oxygens (including phenoxy) is 1. The molecule has 2 aromatic heterocycles. The lowest BCUT2D eigenvalue weighted by Crippen LogP contribution is -2.19. The molecule has 30 heavy (non-hydrogen) atoms. The lowest BCUT2D eigenvalue weighted by atomic mass is 10.1. The van der Waals surface area contributed by atoms with Crippen LogP contribution in [-0.4, -0.2) is 23.2 Å². The van der Waals surface area contributed by atoms with Gasteiger partial charge in [0.25, 0.3) is 11.1 Å². The first-order valence-corrected chi connectivity index (χ1v) is 10.1. The number of carbonyl (C=O) groups excluding carboxylic acids is 1. The number of hydrogen-bond donors (Lipinski definition) is 1. The predicted molar refractivity (Wildman–Crippen MR) is 113 cm³/mol. The van der Waals surface area contributed by atoms with Gasteiger partial charge in [0.1, 0.15) is 11.0 Å². The number of amides is 1. The second-order valence-corrected chi connectivity index (χ2v) is 7.51. The number of thioether (sulfide) groups is 1. The summed E-state index contributed by atoms with van der Waals surface area (Å²) in [6, 6.07) is 18.5. The molecule has 152 valence electrons. The van der Waals surface area contributed by atoms with Crippen molar-refractivity contribution in [2.24, 2.45) is 0 Å². The Hall–Kier alpha value is -3.52. The highest BCUT2D eigenvalue weighted by molar-refractivity contribution is 8.00. The van der Waals surface area contributed by atoms with Crippen molar-refractivity contribution in [3.05, 3.63) is 78.1 Å². The zero-order valence-corrected chi connectivity index (χ0v) is 17.2. The van der Waals surface area contributed by atoms with Gasteiger partial charge in [-0.3, -0.25) is 4.79 Å². The summed E-state index contributed by atoms with van der Waals surface area (Å²) in [5, 5.41) is 10.7. The summed E-state index contributed by atoms with van der Waals surface area (Å²) < 4.78 is 16.4. The molecule has 8 heteroatoms. The number of carbonyl (C=O) groups is 1. The van der Waals surface area contributed by atoms with Gasteiger partial charge in [-0.2, -0.15) is 0 Å². The molecule has 7 nitrogen and oxygen atoms in total. The van der Waals surface area contributed by atoms with E-state index < -0.39 is 5.25 Å². The van der Waals surface area contributed by atoms with Gasteiger partial charge in [0, 0.05) is 0 Å². The summed E-state index contributed by atoms with van der Waals surface area (Å²) in [4.78, 5) is 13.2. The third-order valence-electron chi connectivity index (χ3n) is 4.31. The Bertz CT molecular complexity index is 1130. The van der Waals surface area contributed by atoms with Crippen molar-refractivity contribution < 1.29 is 18.4 Å². The Balaban J connectivity index is 1.61. The van der Waals surface area contributed by atoms with Gasteiger partial charge in [0.05, 0.1) is 19.1 Å². The van der Waals surface area contributed by atoms with Gasteiger partial charge < -0.3 is 18.9 Å². The van der Waals surface area contributed by atoms with Crippen LogP contribution in [-0.2, 0) is 4.79 Å². The van der Waals surface area contributed by atoms with Gasteiger partial charge in [0.2, 0.25) is 5.91 Å². The van der Waals surface area contributed by atoms with Gasteiger partial charge in [-0.15, -0.1) is 10.2 Å². The number of rotatable bonds is 7. The molecule has 0 fully saturated rings. The van der Waals surface area contributed by atoms with E-state index in [1.807, 2.05) is 55.5 Å². The average molecular weight is 421 g/mol. The number of methoxy groups -OCH3 is 1. The van der Waals surface area contributed by atoms with Crippen LogP contribution in [0, 0.1) is 6.92 Å². The van der Waals surface area contributed by atoms with Crippen molar-refractivity contribution in [3.8, 4) is 17.4 Å². The molecule has 1 atom stereocenters. The topological polar surface area (TPSA) is 90.4 Å². The van der Waals surface area contributed by atoms with E-state index in [9.17, 15) is 4.79 Å². The number of aryl methyl sites for hydroxylation is 1. The minimum absolute atomic E-state index is 0.229. The molecular formula is C22H19N3O4S. The molecule has 0 aliphatic carbocycles. The number of benzene rings is 2. The predicted octanol–water partition coefficient (Wildman–Crippen LogP) is 5.12. The quantitative estimate of drug-likeness (QED) is 0.414. The number of hydrogen-bond acceptors (Lipinski definition) is 7. The van der Waals surface area contributed by atoms with Crippen LogP contribution in [0.2, 0.25) is 0 Å². The Morgan fingerprint density at radius 2 is 1.93 bits per heavy atom. The molecule has 0 saturated heterocycles. The molecule has 0 radical (unpaired) electrons. The van der Waals surface area contributed by atoms with Crippen molar-refractivity contribution in [2.45, 2.75) is 17.4 Å². The maximum Gasteiger partial charge on any atom is 0.284 e. The van der Waals surface area contributed by atoms with E-state index >= 15 is 0 Å². The van der Waals surface area contributed by atoms with Crippen LogP contribution in [0.25, 0.3) is 11.7 Å². The molecule has 1 unspecified atom stereocenters. The lowest BCUT2D eigenvalue weighted by Gasteiger charge is -2.17. The number of nitrogens with zero attached hydrogens (tertiary/aromatic N) is 2. The molecule has 0 bridgehead atoms. The van der Waals surface area contributed by atoms with Crippen LogP contribution in [0.15, 0.2) is 81.0 Å². The summed E-state index contributed by atoms with van der Waals surface area (Å²) in [7, 11) is 1.57. The number of aromatic nitrogens is 2. The average Bonchev–Trinajstić information content (AvgIpc) is 3.45. The molecule has 1 N–H and O–H groups in total. The highest BCUT2D eigenvalue weighted by Crippen LogP contribution is 2.37. The van der Waals surface area contributed by atoms with Crippen molar-refractivity contribution in [1.82, 2.24) is 10.2 Å². The molecule has 2 aromatic carbocycles. The van der Waals surface area contributed by atoms with Gasteiger partial charge in [-0.05, 0) is 54.1 Å². The number of furan rings is 1. The van der Waals surface area contributed by atoms with Crippen LogP contribution in [0.1, 0.15) is 16.4 Å².